The Labute approximate surface area is 112 Å². The molecular weight excluding hydrogens is 238 g/mol. The van der Waals surface area contributed by atoms with Gasteiger partial charge in [0.2, 0.25) is 0 Å². The first-order chi connectivity index (χ1) is 9.24. The van der Waals surface area contributed by atoms with E-state index in [2.05, 4.69) is 9.97 Å². The highest BCUT2D eigenvalue weighted by Gasteiger charge is 2.25. The van der Waals surface area contributed by atoms with Crippen LogP contribution in [0.5, 0.6) is 5.75 Å². The van der Waals surface area contributed by atoms with Crippen molar-refractivity contribution in [3.05, 3.63) is 47.4 Å². The van der Waals surface area contributed by atoms with Crippen LogP contribution in [0.15, 0.2) is 30.3 Å². The Morgan fingerprint density at radius 1 is 1.26 bits per heavy atom. The van der Waals surface area contributed by atoms with Gasteiger partial charge < -0.3 is 10.5 Å². The van der Waals surface area contributed by atoms with Crippen LogP contribution in [-0.2, 0) is 6.42 Å². The third-order valence-electron chi connectivity index (χ3n) is 3.30. The largest absolute Gasteiger partial charge is 0.497 e. The molecule has 0 amide bonds. The predicted molar refractivity (Wildman–Crippen MR) is 74.2 cm³/mol. The molecule has 0 atom stereocenters. The summed E-state index contributed by atoms with van der Waals surface area (Å²) in [6.07, 6.45) is 3.12. The highest BCUT2D eigenvalue weighted by atomic mass is 16.5. The fraction of sp³-hybridized carbons (Fsp3) is 0.333. The summed E-state index contributed by atoms with van der Waals surface area (Å²) >= 11 is 0. The molecule has 0 radical (unpaired) electrons. The van der Waals surface area contributed by atoms with Gasteiger partial charge in [0.05, 0.1) is 7.11 Å². The van der Waals surface area contributed by atoms with Gasteiger partial charge in [0.25, 0.3) is 0 Å². The lowest BCUT2D eigenvalue weighted by molar-refractivity contribution is 0.414. The van der Waals surface area contributed by atoms with E-state index in [-0.39, 0.29) is 0 Å². The topological polar surface area (TPSA) is 61.0 Å². The highest BCUT2D eigenvalue weighted by Crippen LogP contribution is 2.39. The first kappa shape index (κ1) is 12.0. The van der Waals surface area contributed by atoms with Crippen LogP contribution in [0.4, 0.5) is 5.82 Å². The molecule has 2 N–H and O–H groups in total. The fourth-order valence-electron chi connectivity index (χ4n) is 2.17. The van der Waals surface area contributed by atoms with E-state index < -0.39 is 0 Å². The molecule has 3 rings (SSSR count). The van der Waals surface area contributed by atoms with Crippen LogP contribution >= 0.6 is 0 Å². The van der Waals surface area contributed by atoms with Crippen LogP contribution in [0.25, 0.3) is 0 Å². The Hall–Kier alpha value is -2.10. The van der Waals surface area contributed by atoms with Gasteiger partial charge in [-0.15, -0.1) is 0 Å². The summed E-state index contributed by atoms with van der Waals surface area (Å²) < 4.78 is 5.22. The second-order valence-corrected chi connectivity index (χ2v) is 4.94. The summed E-state index contributed by atoms with van der Waals surface area (Å²) in [5, 5.41) is 0. The van der Waals surface area contributed by atoms with Gasteiger partial charge in [-0.1, -0.05) is 12.1 Å². The molecule has 1 aliphatic carbocycles. The molecule has 4 nitrogen and oxygen atoms in total. The lowest BCUT2D eigenvalue weighted by atomic mass is 10.1. The standard InChI is InChI=1S/C15H17N3O/c1-19-12-4-2-3-10(7-12)8-15-17-13(11-5-6-11)9-14(16)18-15/h2-4,7,9,11H,5-6,8H2,1H3,(H2,16,17,18). The first-order valence-electron chi connectivity index (χ1n) is 6.51. The number of anilines is 1. The van der Waals surface area contributed by atoms with E-state index >= 15 is 0 Å². The average molecular weight is 255 g/mol. The normalized spacial score (nSPS) is 14.4. The summed E-state index contributed by atoms with van der Waals surface area (Å²) in [5.74, 6) is 2.79. The predicted octanol–water partition coefficient (Wildman–Crippen LogP) is 2.54. The molecule has 1 aromatic carbocycles. The summed E-state index contributed by atoms with van der Waals surface area (Å²) in [4.78, 5) is 8.94. The van der Waals surface area contributed by atoms with Crippen LogP contribution in [0.2, 0.25) is 0 Å². The van der Waals surface area contributed by atoms with E-state index in [9.17, 15) is 0 Å². The number of ether oxygens (including phenoxy) is 1. The van der Waals surface area contributed by atoms with Gasteiger partial charge in [0, 0.05) is 24.1 Å². The summed E-state index contributed by atoms with van der Waals surface area (Å²) in [7, 11) is 1.67. The van der Waals surface area contributed by atoms with Crippen LogP contribution in [-0.4, -0.2) is 17.1 Å². The number of nitrogen functional groups attached to an aromatic ring is 1. The monoisotopic (exact) mass is 255 g/mol. The number of methoxy groups -OCH3 is 1. The van der Waals surface area contributed by atoms with Crippen molar-refractivity contribution >= 4 is 5.82 Å². The number of aromatic nitrogens is 2. The van der Waals surface area contributed by atoms with Crippen molar-refractivity contribution in [2.45, 2.75) is 25.2 Å². The van der Waals surface area contributed by atoms with Crippen molar-refractivity contribution < 1.29 is 4.74 Å². The zero-order chi connectivity index (χ0) is 13.2. The van der Waals surface area contributed by atoms with E-state index in [0.717, 1.165) is 22.8 Å². The quantitative estimate of drug-likeness (QED) is 0.912. The molecule has 1 heterocycles. The molecule has 1 aliphatic rings. The number of benzene rings is 1. The molecule has 1 fully saturated rings. The van der Waals surface area contributed by atoms with Crippen LogP contribution in [0.3, 0.4) is 0 Å². The SMILES string of the molecule is COc1cccc(Cc2nc(N)cc(C3CC3)n2)c1. The second-order valence-electron chi connectivity index (χ2n) is 4.94. The minimum Gasteiger partial charge on any atom is -0.497 e. The van der Waals surface area contributed by atoms with Gasteiger partial charge in [-0.25, -0.2) is 9.97 Å². The molecule has 1 aromatic heterocycles. The molecule has 2 aromatic rings. The maximum Gasteiger partial charge on any atom is 0.135 e. The van der Waals surface area contributed by atoms with Crippen LogP contribution < -0.4 is 10.5 Å². The minimum absolute atomic E-state index is 0.565. The fourth-order valence-corrected chi connectivity index (χ4v) is 2.17. The van der Waals surface area contributed by atoms with Crippen molar-refractivity contribution in [3.8, 4) is 5.75 Å². The third kappa shape index (κ3) is 2.84. The lowest BCUT2D eigenvalue weighted by Gasteiger charge is -2.06. The Morgan fingerprint density at radius 3 is 2.84 bits per heavy atom. The molecule has 4 heteroatoms. The van der Waals surface area contributed by atoms with Crippen molar-refractivity contribution in [3.63, 3.8) is 0 Å². The summed E-state index contributed by atoms with van der Waals surface area (Å²) in [5.41, 5.74) is 8.08. The lowest BCUT2D eigenvalue weighted by Crippen LogP contribution is -2.03. The molecule has 98 valence electrons. The second kappa shape index (κ2) is 4.88. The molecule has 1 saturated carbocycles. The molecule has 19 heavy (non-hydrogen) atoms. The van der Waals surface area contributed by atoms with Gasteiger partial charge in [-0.2, -0.15) is 0 Å². The minimum atomic E-state index is 0.565. The first-order valence-corrected chi connectivity index (χ1v) is 6.51. The molecular formula is C15H17N3O. The van der Waals surface area contributed by atoms with Gasteiger partial charge in [-0.05, 0) is 30.5 Å². The Bertz CT molecular complexity index is 594. The van der Waals surface area contributed by atoms with Crippen molar-refractivity contribution in [1.29, 1.82) is 0 Å². The van der Waals surface area contributed by atoms with E-state index in [4.69, 9.17) is 10.5 Å². The molecule has 0 saturated heterocycles. The van der Waals surface area contributed by atoms with Crippen molar-refractivity contribution in [2.24, 2.45) is 0 Å². The van der Waals surface area contributed by atoms with E-state index in [1.54, 1.807) is 7.11 Å². The summed E-state index contributed by atoms with van der Waals surface area (Å²) in [6, 6.07) is 9.85. The van der Waals surface area contributed by atoms with E-state index in [1.807, 2.05) is 30.3 Å². The number of hydrogen-bond acceptors (Lipinski definition) is 4. The average Bonchev–Trinajstić information content (AvgIpc) is 3.22. The Kier molecular flexibility index (Phi) is 3.07. The highest BCUT2D eigenvalue weighted by molar-refractivity contribution is 5.35. The van der Waals surface area contributed by atoms with Gasteiger partial charge >= 0.3 is 0 Å². The smallest absolute Gasteiger partial charge is 0.135 e. The molecule has 0 bridgehead atoms. The maximum absolute atomic E-state index is 5.86. The molecule has 0 unspecified atom stereocenters. The Morgan fingerprint density at radius 2 is 2.11 bits per heavy atom. The zero-order valence-corrected chi connectivity index (χ0v) is 11.0. The molecule has 0 spiro atoms. The van der Waals surface area contributed by atoms with Gasteiger partial charge in [0.1, 0.15) is 17.4 Å². The number of rotatable bonds is 4. The van der Waals surface area contributed by atoms with E-state index in [1.165, 1.54) is 12.8 Å². The third-order valence-corrected chi connectivity index (χ3v) is 3.30. The number of hydrogen-bond donors (Lipinski definition) is 1. The van der Waals surface area contributed by atoms with Crippen LogP contribution in [0, 0.1) is 0 Å². The molecule has 0 aliphatic heterocycles. The maximum atomic E-state index is 5.86. The number of nitrogens with zero attached hydrogens (tertiary/aromatic N) is 2. The Balaban J connectivity index is 1.85. The van der Waals surface area contributed by atoms with Crippen molar-refractivity contribution in [1.82, 2.24) is 9.97 Å². The van der Waals surface area contributed by atoms with Crippen LogP contribution in [0.1, 0.15) is 35.8 Å². The van der Waals surface area contributed by atoms with Gasteiger partial charge in [-0.3, -0.25) is 0 Å². The zero-order valence-electron chi connectivity index (χ0n) is 11.0. The summed E-state index contributed by atoms with van der Waals surface area (Å²) in [6.45, 7) is 0. The van der Waals surface area contributed by atoms with Crippen molar-refractivity contribution in [2.75, 3.05) is 12.8 Å². The number of nitrogens with two attached hydrogens (primary N) is 1. The van der Waals surface area contributed by atoms with Gasteiger partial charge in [0.15, 0.2) is 0 Å². The van der Waals surface area contributed by atoms with E-state index in [0.29, 0.717) is 18.2 Å².